The van der Waals surface area contributed by atoms with E-state index < -0.39 is 5.91 Å². The summed E-state index contributed by atoms with van der Waals surface area (Å²) in [6.07, 6.45) is 4.64. The number of amides is 2. The minimum atomic E-state index is -0.412. The number of hydrogen-bond acceptors (Lipinski definition) is 4. The fraction of sp³-hybridized carbons (Fsp3) is 0.0476. The Balaban J connectivity index is 0.00000280. The summed E-state index contributed by atoms with van der Waals surface area (Å²) in [5.74, 6) is -0.731. The maximum absolute atomic E-state index is 12.5. The van der Waals surface area contributed by atoms with Crippen LogP contribution in [0, 0.1) is 6.92 Å². The zero-order valence-corrected chi connectivity index (χ0v) is 15.9. The van der Waals surface area contributed by atoms with Crippen LogP contribution in [0.2, 0.25) is 0 Å². The molecule has 0 aliphatic carbocycles. The number of hydrazone groups is 1. The van der Waals surface area contributed by atoms with Crippen LogP contribution in [-0.2, 0) is 0 Å². The lowest BCUT2D eigenvalue weighted by Crippen LogP contribution is -2.21. The molecule has 3 rings (SSSR count). The van der Waals surface area contributed by atoms with E-state index in [-0.39, 0.29) is 18.3 Å². The van der Waals surface area contributed by atoms with Crippen LogP contribution in [0.3, 0.4) is 0 Å². The standard InChI is InChI=1S/C21H18N4O2.ClH/c1-15-5-4-6-16(13-15)14-23-25-21(27)18-7-2-3-8-19(18)24-20(26)17-9-11-22-12-10-17;/h2-14H,1H3,(H,24,26)(H,25,27);1H. The molecule has 28 heavy (non-hydrogen) atoms. The average Bonchev–Trinajstić information content (AvgIpc) is 2.69. The maximum atomic E-state index is 12.5. The summed E-state index contributed by atoms with van der Waals surface area (Å²) in [7, 11) is 0. The van der Waals surface area contributed by atoms with Crippen LogP contribution >= 0.6 is 12.4 Å². The van der Waals surface area contributed by atoms with Crippen LogP contribution in [0.15, 0.2) is 78.2 Å². The molecule has 0 aliphatic heterocycles. The van der Waals surface area contributed by atoms with E-state index in [2.05, 4.69) is 20.8 Å². The second-order valence-electron chi connectivity index (χ2n) is 5.85. The molecule has 1 aromatic heterocycles. The van der Waals surface area contributed by atoms with Crippen LogP contribution < -0.4 is 10.7 Å². The van der Waals surface area contributed by atoms with E-state index in [1.54, 1.807) is 42.6 Å². The first-order valence-electron chi connectivity index (χ1n) is 8.34. The van der Waals surface area contributed by atoms with Crippen molar-refractivity contribution in [1.29, 1.82) is 0 Å². The number of nitrogens with one attached hydrogen (secondary N) is 2. The molecule has 0 bridgehead atoms. The van der Waals surface area contributed by atoms with E-state index >= 15 is 0 Å². The van der Waals surface area contributed by atoms with Gasteiger partial charge in [0.2, 0.25) is 0 Å². The first kappa shape index (κ1) is 20.8. The van der Waals surface area contributed by atoms with Gasteiger partial charge < -0.3 is 5.32 Å². The van der Waals surface area contributed by atoms with Crippen LogP contribution in [0.4, 0.5) is 5.69 Å². The van der Waals surface area contributed by atoms with Crippen LogP contribution in [0.5, 0.6) is 0 Å². The van der Waals surface area contributed by atoms with Gasteiger partial charge in [-0.15, -0.1) is 12.4 Å². The molecular formula is C21H19ClN4O2. The normalized spacial score (nSPS) is 10.2. The first-order valence-corrected chi connectivity index (χ1v) is 8.34. The number of para-hydroxylation sites is 1. The monoisotopic (exact) mass is 394 g/mol. The molecule has 0 radical (unpaired) electrons. The van der Waals surface area contributed by atoms with Crippen LogP contribution in [-0.4, -0.2) is 23.0 Å². The lowest BCUT2D eigenvalue weighted by molar-refractivity contribution is 0.0956. The third-order valence-electron chi connectivity index (χ3n) is 3.78. The summed E-state index contributed by atoms with van der Waals surface area (Å²) in [4.78, 5) is 28.7. The summed E-state index contributed by atoms with van der Waals surface area (Å²) < 4.78 is 0. The van der Waals surface area contributed by atoms with Gasteiger partial charge in [0.1, 0.15) is 0 Å². The minimum absolute atomic E-state index is 0. The van der Waals surface area contributed by atoms with Crippen molar-refractivity contribution in [3.8, 4) is 0 Å². The number of nitrogens with zero attached hydrogens (tertiary/aromatic N) is 2. The van der Waals surface area contributed by atoms with Gasteiger partial charge in [0.25, 0.3) is 11.8 Å². The van der Waals surface area contributed by atoms with E-state index in [9.17, 15) is 9.59 Å². The fourth-order valence-electron chi connectivity index (χ4n) is 2.46. The largest absolute Gasteiger partial charge is 0.321 e. The SMILES string of the molecule is Cc1cccc(C=NNC(=O)c2ccccc2NC(=O)c2ccncc2)c1.Cl. The van der Waals surface area contributed by atoms with E-state index in [0.717, 1.165) is 11.1 Å². The summed E-state index contributed by atoms with van der Waals surface area (Å²) in [6, 6.07) is 17.7. The van der Waals surface area contributed by atoms with Gasteiger partial charge >= 0.3 is 0 Å². The van der Waals surface area contributed by atoms with Gasteiger partial charge in [-0.2, -0.15) is 5.10 Å². The Morgan fingerprint density at radius 1 is 0.964 bits per heavy atom. The second-order valence-corrected chi connectivity index (χ2v) is 5.85. The highest BCUT2D eigenvalue weighted by atomic mass is 35.5. The van der Waals surface area contributed by atoms with E-state index in [1.807, 2.05) is 31.2 Å². The Morgan fingerprint density at radius 2 is 1.71 bits per heavy atom. The number of carbonyl (C=O) groups is 2. The molecule has 0 unspecified atom stereocenters. The highest BCUT2D eigenvalue weighted by Crippen LogP contribution is 2.16. The summed E-state index contributed by atoms with van der Waals surface area (Å²) in [6.45, 7) is 1.98. The van der Waals surface area contributed by atoms with Crippen molar-refractivity contribution in [2.45, 2.75) is 6.92 Å². The van der Waals surface area contributed by atoms with Gasteiger partial charge in [-0.05, 0) is 36.8 Å². The predicted octanol–water partition coefficient (Wildman–Crippen LogP) is 3.83. The van der Waals surface area contributed by atoms with Gasteiger partial charge in [-0.1, -0.05) is 42.0 Å². The van der Waals surface area contributed by atoms with Crippen molar-refractivity contribution < 1.29 is 9.59 Å². The highest BCUT2D eigenvalue weighted by Gasteiger charge is 2.13. The summed E-state index contributed by atoms with van der Waals surface area (Å²) in [5, 5.41) is 6.74. The third-order valence-corrected chi connectivity index (χ3v) is 3.78. The number of aromatic nitrogens is 1. The Labute approximate surface area is 169 Å². The molecule has 0 aliphatic rings. The third kappa shape index (κ3) is 5.49. The van der Waals surface area contributed by atoms with E-state index in [4.69, 9.17) is 0 Å². The Kier molecular flexibility index (Phi) is 7.42. The second kappa shape index (κ2) is 9.99. The van der Waals surface area contributed by atoms with Gasteiger partial charge in [0, 0.05) is 18.0 Å². The molecular weight excluding hydrogens is 376 g/mol. The number of halogens is 1. The zero-order chi connectivity index (χ0) is 19.1. The Bertz CT molecular complexity index is 990. The van der Waals surface area contributed by atoms with Crippen LogP contribution in [0.25, 0.3) is 0 Å². The number of carbonyl (C=O) groups excluding carboxylic acids is 2. The number of benzene rings is 2. The molecule has 2 N–H and O–H groups in total. The van der Waals surface area contributed by atoms with Crippen molar-refractivity contribution in [1.82, 2.24) is 10.4 Å². The van der Waals surface area contributed by atoms with E-state index in [1.165, 1.54) is 12.4 Å². The molecule has 0 fully saturated rings. The number of pyridine rings is 1. The number of rotatable bonds is 5. The summed E-state index contributed by atoms with van der Waals surface area (Å²) >= 11 is 0. The molecule has 2 amide bonds. The lowest BCUT2D eigenvalue weighted by Gasteiger charge is -2.10. The molecule has 3 aromatic rings. The topological polar surface area (TPSA) is 83.5 Å². The number of aryl methyl sites for hydroxylation is 1. The van der Waals surface area contributed by atoms with Crippen LogP contribution in [0.1, 0.15) is 31.8 Å². The van der Waals surface area contributed by atoms with Gasteiger partial charge in [-0.3, -0.25) is 14.6 Å². The quantitative estimate of drug-likeness (QED) is 0.509. The Morgan fingerprint density at radius 3 is 2.46 bits per heavy atom. The molecule has 0 saturated heterocycles. The molecule has 7 heteroatoms. The molecule has 142 valence electrons. The van der Waals surface area contributed by atoms with Crippen molar-refractivity contribution >= 4 is 36.1 Å². The van der Waals surface area contributed by atoms with Crippen molar-refractivity contribution in [3.63, 3.8) is 0 Å². The van der Waals surface area contributed by atoms with Crippen molar-refractivity contribution in [2.24, 2.45) is 5.10 Å². The molecule has 1 heterocycles. The van der Waals surface area contributed by atoms with Crippen molar-refractivity contribution in [3.05, 3.63) is 95.3 Å². The molecule has 6 nitrogen and oxygen atoms in total. The Hall–Kier alpha value is -3.51. The highest BCUT2D eigenvalue weighted by molar-refractivity contribution is 6.09. The minimum Gasteiger partial charge on any atom is -0.321 e. The van der Waals surface area contributed by atoms with Gasteiger partial charge in [-0.25, -0.2) is 5.43 Å². The maximum Gasteiger partial charge on any atom is 0.273 e. The van der Waals surface area contributed by atoms with E-state index in [0.29, 0.717) is 16.8 Å². The summed E-state index contributed by atoms with van der Waals surface area (Å²) in [5.41, 5.74) is 5.66. The predicted molar refractivity (Wildman–Crippen MR) is 112 cm³/mol. The zero-order valence-electron chi connectivity index (χ0n) is 15.1. The van der Waals surface area contributed by atoms with Gasteiger partial charge in [0.05, 0.1) is 17.5 Å². The smallest absolute Gasteiger partial charge is 0.273 e. The first-order chi connectivity index (χ1) is 13.1. The van der Waals surface area contributed by atoms with Gasteiger partial charge in [0.15, 0.2) is 0 Å². The molecule has 0 spiro atoms. The molecule has 2 aromatic carbocycles. The fourth-order valence-corrected chi connectivity index (χ4v) is 2.46. The molecule has 0 saturated carbocycles. The average molecular weight is 395 g/mol. The number of hydrogen-bond donors (Lipinski definition) is 2. The lowest BCUT2D eigenvalue weighted by atomic mass is 10.1. The van der Waals surface area contributed by atoms with Crippen molar-refractivity contribution in [2.75, 3.05) is 5.32 Å². The number of anilines is 1. The molecule has 0 atom stereocenters.